The summed E-state index contributed by atoms with van der Waals surface area (Å²) in [5.74, 6) is 0.518. The summed E-state index contributed by atoms with van der Waals surface area (Å²) in [5, 5.41) is 18.0. The molecule has 0 saturated heterocycles. The summed E-state index contributed by atoms with van der Waals surface area (Å²) in [4.78, 5) is 1.59. The molecule has 6 nitrogen and oxygen atoms in total. The standard InChI is InChI=1S/C20H20N6S/c1-3-15-7-9-17(10-8-15)26-20(27)18(12-21-26)19-22-24-25(23-19)13-16-6-4-5-14(2)11-16/h4-12,27H,3,13H2,1-2H3. The summed E-state index contributed by atoms with van der Waals surface area (Å²) in [7, 11) is 0. The van der Waals surface area contributed by atoms with Gasteiger partial charge in [0.2, 0.25) is 5.82 Å². The Morgan fingerprint density at radius 1 is 1.04 bits per heavy atom. The number of hydrogen-bond donors (Lipinski definition) is 1. The Morgan fingerprint density at radius 3 is 2.59 bits per heavy atom. The summed E-state index contributed by atoms with van der Waals surface area (Å²) in [6, 6.07) is 16.5. The topological polar surface area (TPSA) is 61.4 Å². The number of hydrogen-bond acceptors (Lipinski definition) is 5. The molecule has 0 aliphatic heterocycles. The largest absolute Gasteiger partial charge is 0.227 e. The zero-order valence-corrected chi connectivity index (χ0v) is 16.1. The van der Waals surface area contributed by atoms with E-state index in [-0.39, 0.29) is 0 Å². The van der Waals surface area contributed by atoms with Crippen molar-refractivity contribution in [3.05, 3.63) is 71.4 Å². The summed E-state index contributed by atoms with van der Waals surface area (Å²) in [5.41, 5.74) is 5.34. The van der Waals surface area contributed by atoms with Crippen LogP contribution in [0, 0.1) is 6.92 Å². The van der Waals surface area contributed by atoms with Crippen LogP contribution in [0.2, 0.25) is 0 Å². The Labute approximate surface area is 163 Å². The van der Waals surface area contributed by atoms with Crippen LogP contribution in [0.1, 0.15) is 23.6 Å². The Balaban J connectivity index is 1.59. The lowest BCUT2D eigenvalue weighted by molar-refractivity contribution is 0.572. The highest BCUT2D eigenvalue weighted by molar-refractivity contribution is 7.80. The molecule has 4 rings (SSSR count). The van der Waals surface area contributed by atoms with Gasteiger partial charge >= 0.3 is 0 Å². The van der Waals surface area contributed by atoms with E-state index in [1.165, 1.54) is 11.1 Å². The van der Waals surface area contributed by atoms with Gasteiger partial charge in [0.1, 0.15) is 5.03 Å². The monoisotopic (exact) mass is 376 g/mol. The SMILES string of the molecule is CCc1ccc(-n2ncc(-c3nnn(Cc4cccc(C)c4)n3)c2S)cc1. The maximum Gasteiger partial charge on any atom is 0.209 e. The molecule has 4 aromatic rings. The minimum Gasteiger partial charge on any atom is -0.227 e. The molecule has 0 radical (unpaired) electrons. The number of rotatable bonds is 5. The Bertz CT molecular complexity index is 1060. The lowest BCUT2D eigenvalue weighted by atomic mass is 10.1. The van der Waals surface area contributed by atoms with E-state index in [0.29, 0.717) is 17.4 Å². The lowest BCUT2D eigenvalue weighted by Crippen LogP contribution is -2.04. The van der Waals surface area contributed by atoms with Crippen LogP contribution in [0.3, 0.4) is 0 Å². The highest BCUT2D eigenvalue weighted by Gasteiger charge is 2.15. The molecule has 2 heterocycles. The molecule has 0 saturated carbocycles. The van der Waals surface area contributed by atoms with Crippen molar-refractivity contribution < 1.29 is 0 Å². The molecule has 136 valence electrons. The third-order valence-electron chi connectivity index (χ3n) is 4.43. The van der Waals surface area contributed by atoms with Crippen molar-refractivity contribution in [3.8, 4) is 17.1 Å². The molecule has 0 aliphatic carbocycles. The first-order valence-corrected chi connectivity index (χ1v) is 9.29. The van der Waals surface area contributed by atoms with Gasteiger partial charge < -0.3 is 0 Å². The molecule has 0 amide bonds. The lowest BCUT2D eigenvalue weighted by Gasteiger charge is -2.05. The van der Waals surface area contributed by atoms with Crippen molar-refractivity contribution >= 4 is 12.6 Å². The highest BCUT2D eigenvalue weighted by atomic mass is 32.1. The molecule has 2 aromatic carbocycles. The summed E-state index contributed by atoms with van der Waals surface area (Å²) in [6.07, 6.45) is 2.73. The van der Waals surface area contributed by atoms with E-state index >= 15 is 0 Å². The van der Waals surface area contributed by atoms with Crippen molar-refractivity contribution in [2.24, 2.45) is 0 Å². The number of tetrazole rings is 1. The van der Waals surface area contributed by atoms with Gasteiger partial charge in [0.15, 0.2) is 0 Å². The van der Waals surface area contributed by atoms with E-state index in [2.05, 4.69) is 77.3 Å². The van der Waals surface area contributed by atoms with Gasteiger partial charge in [0.25, 0.3) is 0 Å². The average Bonchev–Trinajstić information content (AvgIpc) is 3.28. The van der Waals surface area contributed by atoms with Crippen LogP contribution in [0.25, 0.3) is 17.1 Å². The van der Waals surface area contributed by atoms with Crippen LogP contribution in [-0.4, -0.2) is 30.0 Å². The smallest absolute Gasteiger partial charge is 0.209 e. The number of benzene rings is 2. The fraction of sp³-hybridized carbons (Fsp3) is 0.200. The normalized spacial score (nSPS) is 11.1. The number of nitrogens with zero attached hydrogens (tertiary/aromatic N) is 6. The van der Waals surface area contributed by atoms with Gasteiger partial charge in [0.05, 0.1) is 24.0 Å². The van der Waals surface area contributed by atoms with Crippen LogP contribution >= 0.6 is 12.6 Å². The third-order valence-corrected chi connectivity index (χ3v) is 4.86. The van der Waals surface area contributed by atoms with Gasteiger partial charge in [-0.25, -0.2) is 4.68 Å². The summed E-state index contributed by atoms with van der Waals surface area (Å²) < 4.78 is 1.78. The molecular weight excluding hydrogens is 356 g/mol. The fourth-order valence-electron chi connectivity index (χ4n) is 2.95. The Hall–Kier alpha value is -2.93. The van der Waals surface area contributed by atoms with E-state index in [1.807, 2.05) is 18.2 Å². The second kappa shape index (κ2) is 7.36. The van der Waals surface area contributed by atoms with E-state index < -0.39 is 0 Å². The molecule has 0 bridgehead atoms. The van der Waals surface area contributed by atoms with Gasteiger partial charge in [-0.3, -0.25) is 0 Å². The van der Waals surface area contributed by atoms with Crippen molar-refractivity contribution in [1.82, 2.24) is 30.0 Å². The predicted octanol–water partition coefficient (Wildman–Crippen LogP) is 3.73. The van der Waals surface area contributed by atoms with Crippen molar-refractivity contribution in [2.75, 3.05) is 0 Å². The highest BCUT2D eigenvalue weighted by Crippen LogP contribution is 2.25. The van der Waals surface area contributed by atoms with Crippen LogP contribution in [0.5, 0.6) is 0 Å². The maximum absolute atomic E-state index is 4.64. The molecule has 0 unspecified atom stereocenters. The number of thiol groups is 1. The van der Waals surface area contributed by atoms with Crippen LogP contribution in [0.15, 0.2) is 59.8 Å². The van der Waals surface area contributed by atoms with Crippen LogP contribution in [0.4, 0.5) is 0 Å². The second-order valence-electron chi connectivity index (χ2n) is 6.45. The van der Waals surface area contributed by atoms with Crippen LogP contribution < -0.4 is 0 Å². The summed E-state index contributed by atoms with van der Waals surface area (Å²) in [6.45, 7) is 4.78. The summed E-state index contributed by atoms with van der Waals surface area (Å²) >= 11 is 4.64. The van der Waals surface area contributed by atoms with Crippen molar-refractivity contribution in [1.29, 1.82) is 0 Å². The molecular formula is C20H20N6S. The molecule has 0 fully saturated rings. The molecule has 0 atom stereocenters. The van der Waals surface area contributed by atoms with Gasteiger partial charge in [-0.2, -0.15) is 9.90 Å². The van der Waals surface area contributed by atoms with E-state index in [4.69, 9.17) is 0 Å². The molecule has 0 aliphatic rings. The first-order valence-electron chi connectivity index (χ1n) is 8.84. The average molecular weight is 376 g/mol. The minimum atomic E-state index is 0.518. The van der Waals surface area contributed by atoms with Crippen molar-refractivity contribution in [3.63, 3.8) is 0 Å². The zero-order chi connectivity index (χ0) is 18.8. The number of aromatic nitrogens is 6. The Kier molecular flexibility index (Phi) is 4.77. The predicted molar refractivity (Wildman–Crippen MR) is 107 cm³/mol. The molecule has 2 aromatic heterocycles. The fourth-order valence-corrected chi connectivity index (χ4v) is 3.28. The first-order chi connectivity index (χ1) is 13.1. The van der Waals surface area contributed by atoms with Crippen molar-refractivity contribution in [2.45, 2.75) is 31.8 Å². The molecule has 0 spiro atoms. The van der Waals surface area contributed by atoms with Crippen LogP contribution in [-0.2, 0) is 13.0 Å². The molecule has 27 heavy (non-hydrogen) atoms. The molecule has 0 N–H and O–H groups in total. The van der Waals surface area contributed by atoms with E-state index in [0.717, 1.165) is 23.2 Å². The third kappa shape index (κ3) is 3.64. The minimum absolute atomic E-state index is 0.518. The first kappa shape index (κ1) is 17.5. The van der Waals surface area contributed by atoms with Gasteiger partial charge in [0, 0.05) is 0 Å². The maximum atomic E-state index is 4.64. The van der Waals surface area contributed by atoms with E-state index in [1.54, 1.807) is 15.7 Å². The number of aryl methyl sites for hydroxylation is 2. The molecule has 7 heteroatoms. The van der Waals surface area contributed by atoms with Gasteiger partial charge in [-0.15, -0.1) is 22.8 Å². The van der Waals surface area contributed by atoms with E-state index in [9.17, 15) is 0 Å². The quantitative estimate of drug-likeness (QED) is 0.539. The second-order valence-corrected chi connectivity index (χ2v) is 6.87. The Morgan fingerprint density at radius 2 is 1.85 bits per heavy atom. The van der Waals surface area contributed by atoms with Gasteiger partial charge in [-0.05, 0) is 41.8 Å². The zero-order valence-electron chi connectivity index (χ0n) is 15.2. The van der Waals surface area contributed by atoms with Gasteiger partial charge in [-0.1, -0.05) is 48.9 Å².